The molecule has 0 aromatic carbocycles. The Morgan fingerprint density at radius 1 is 1.55 bits per heavy atom. The van der Waals surface area contributed by atoms with Crippen molar-refractivity contribution in [1.29, 1.82) is 0 Å². The van der Waals surface area contributed by atoms with Gasteiger partial charge in [0.25, 0.3) is 10.1 Å². The highest BCUT2D eigenvalue weighted by Crippen LogP contribution is 2.21. The van der Waals surface area contributed by atoms with Gasteiger partial charge in [-0.05, 0) is 18.5 Å². The van der Waals surface area contributed by atoms with Gasteiger partial charge in [0.2, 0.25) is 5.28 Å². The van der Waals surface area contributed by atoms with Gasteiger partial charge in [0.15, 0.2) is 0 Å². The summed E-state index contributed by atoms with van der Waals surface area (Å²) in [7, 11) is -2.53. The predicted molar refractivity (Wildman–Crippen MR) is 74.3 cm³/mol. The monoisotopic (exact) mass is 321 g/mol. The van der Waals surface area contributed by atoms with Crippen LogP contribution in [0.5, 0.6) is 0 Å². The van der Waals surface area contributed by atoms with Gasteiger partial charge in [-0.25, -0.2) is 9.97 Å². The SMILES string of the molecule is COS(=O)(=O)Cc1cc(N2CCOC[C@@H]2C)nc(Cl)n1. The molecule has 0 radical (unpaired) electrons. The Balaban J connectivity index is 2.28. The zero-order chi connectivity index (χ0) is 14.8. The van der Waals surface area contributed by atoms with Crippen LogP contribution in [0, 0.1) is 0 Å². The van der Waals surface area contributed by atoms with Crippen molar-refractivity contribution >= 4 is 27.5 Å². The van der Waals surface area contributed by atoms with E-state index in [1.165, 1.54) is 0 Å². The molecule has 0 unspecified atom stereocenters. The summed E-state index contributed by atoms with van der Waals surface area (Å²) >= 11 is 5.87. The molecule has 1 aromatic heterocycles. The third-order valence-electron chi connectivity index (χ3n) is 2.98. The van der Waals surface area contributed by atoms with Gasteiger partial charge >= 0.3 is 0 Å². The summed E-state index contributed by atoms with van der Waals surface area (Å²) in [6.07, 6.45) is 0. The Morgan fingerprint density at radius 3 is 2.95 bits per heavy atom. The van der Waals surface area contributed by atoms with Crippen LogP contribution in [0.15, 0.2) is 6.07 Å². The Hall–Kier alpha value is -0.960. The normalized spacial score (nSPS) is 20.1. The maximum absolute atomic E-state index is 11.5. The lowest BCUT2D eigenvalue weighted by Crippen LogP contribution is -2.44. The van der Waals surface area contributed by atoms with E-state index >= 15 is 0 Å². The van der Waals surface area contributed by atoms with Crippen molar-refractivity contribution in [2.75, 3.05) is 31.8 Å². The van der Waals surface area contributed by atoms with Crippen molar-refractivity contribution in [2.24, 2.45) is 0 Å². The number of aromatic nitrogens is 2. The van der Waals surface area contributed by atoms with E-state index in [1.807, 2.05) is 11.8 Å². The topological polar surface area (TPSA) is 81.6 Å². The van der Waals surface area contributed by atoms with Crippen molar-refractivity contribution in [3.63, 3.8) is 0 Å². The van der Waals surface area contributed by atoms with Gasteiger partial charge in [-0.15, -0.1) is 0 Å². The third kappa shape index (κ3) is 3.78. The molecule has 2 rings (SSSR count). The molecule has 0 N–H and O–H groups in total. The van der Waals surface area contributed by atoms with Crippen molar-refractivity contribution < 1.29 is 17.3 Å². The molecule has 1 saturated heterocycles. The molecule has 1 fully saturated rings. The van der Waals surface area contributed by atoms with E-state index < -0.39 is 10.1 Å². The Morgan fingerprint density at radius 2 is 2.30 bits per heavy atom. The maximum atomic E-state index is 11.5. The van der Waals surface area contributed by atoms with Gasteiger partial charge in [0, 0.05) is 12.6 Å². The van der Waals surface area contributed by atoms with Crippen LogP contribution in [0.25, 0.3) is 0 Å². The number of hydrogen-bond acceptors (Lipinski definition) is 7. The first-order chi connectivity index (χ1) is 9.41. The summed E-state index contributed by atoms with van der Waals surface area (Å²) < 4.78 is 32.7. The molecular weight excluding hydrogens is 306 g/mol. The van der Waals surface area contributed by atoms with Crippen LogP contribution in [0.1, 0.15) is 12.6 Å². The van der Waals surface area contributed by atoms with Gasteiger partial charge < -0.3 is 9.64 Å². The average molecular weight is 322 g/mol. The van der Waals surface area contributed by atoms with Crippen molar-refractivity contribution in [3.05, 3.63) is 17.0 Å². The number of ether oxygens (including phenoxy) is 1. The molecule has 0 bridgehead atoms. The summed E-state index contributed by atoms with van der Waals surface area (Å²) in [6, 6.07) is 1.76. The summed E-state index contributed by atoms with van der Waals surface area (Å²) in [5, 5.41) is 0.0162. The Kier molecular flexibility index (Phi) is 4.79. The second-order valence-corrected chi connectivity index (χ2v) is 6.55. The van der Waals surface area contributed by atoms with Crippen molar-refractivity contribution in [1.82, 2.24) is 9.97 Å². The minimum absolute atomic E-state index is 0.0162. The fraction of sp³-hybridized carbons (Fsp3) is 0.636. The summed E-state index contributed by atoms with van der Waals surface area (Å²) in [4.78, 5) is 10.1. The highest BCUT2D eigenvalue weighted by atomic mass is 35.5. The van der Waals surface area contributed by atoms with E-state index in [-0.39, 0.29) is 17.1 Å². The molecular formula is C11H16ClN3O4S. The lowest BCUT2D eigenvalue weighted by molar-refractivity contribution is 0.0985. The molecule has 0 aliphatic carbocycles. The fourth-order valence-corrected chi connectivity index (χ4v) is 2.80. The van der Waals surface area contributed by atoms with Gasteiger partial charge in [0.1, 0.15) is 11.6 Å². The molecule has 1 aliphatic heterocycles. The first-order valence-corrected chi connectivity index (χ1v) is 8.03. The molecule has 0 amide bonds. The molecule has 7 nitrogen and oxygen atoms in total. The fourth-order valence-electron chi connectivity index (χ4n) is 1.98. The zero-order valence-electron chi connectivity index (χ0n) is 11.2. The smallest absolute Gasteiger partial charge is 0.272 e. The van der Waals surface area contributed by atoms with E-state index in [4.69, 9.17) is 16.3 Å². The lowest BCUT2D eigenvalue weighted by Gasteiger charge is -2.34. The third-order valence-corrected chi connectivity index (χ3v) is 4.31. The van der Waals surface area contributed by atoms with Crippen LogP contribution in [-0.4, -0.2) is 51.3 Å². The highest BCUT2D eigenvalue weighted by molar-refractivity contribution is 7.85. The molecule has 1 aromatic rings. The lowest BCUT2D eigenvalue weighted by atomic mass is 10.2. The summed E-state index contributed by atoms with van der Waals surface area (Å²) in [6.45, 7) is 3.86. The van der Waals surface area contributed by atoms with Crippen LogP contribution >= 0.6 is 11.6 Å². The van der Waals surface area contributed by atoms with Gasteiger partial charge in [-0.3, -0.25) is 4.18 Å². The Bertz CT molecular complexity index is 581. The van der Waals surface area contributed by atoms with Crippen LogP contribution in [0.2, 0.25) is 5.28 Å². The second kappa shape index (κ2) is 6.21. The quantitative estimate of drug-likeness (QED) is 0.600. The number of halogens is 1. The van der Waals surface area contributed by atoms with Gasteiger partial charge in [0.05, 0.1) is 32.1 Å². The molecule has 112 valence electrons. The zero-order valence-corrected chi connectivity index (χ0v) is 12.8. The first kappa shape index (κ1) is 15.4. The van der Waals surface area contributed by atoms with E-state index in [0.29, 0.717) is 31.3 Å². The maximum Gasteiger partial charge on any atom is 0.272 e. The van der Waals surface area contributed by atoms with Crippen LogP contribution in [0.4, 0.5) is 5.82 Å². The van der Waals surface area contributed by atoms with Crippen molar-refractivity contribution in [3.8, 4) is 0 Å². The second-order valence-electron chi connectivity index (χ2n) is 4.47. The molecule has 0 saturated carbocycles. The number of rotatable bonds is 4. The van der Waals surface area contributed by atoms with Gasteiger partial charge in [-0.2, -0.15) is 8.42 Å². The Labute approximate surface area is 123 Å². The minimum Gasteiger partial charge on any atom is -0.377 e. The summed E-state index contributed by atoms with van der Waals surface area (Å²) in [5.41, 5.74) is 0.306. The number of morpholine rings is 1. The van der Waals surface area contributed by atoms with Crippen LogP contribution in [-0.2, 0) is 24.8 Å². The predicted octanol–water partition coefficient (Wildman–Crippen LogP) is 0.831. The van der Waals surface area contributed by atoms with Crippen molar-refractivity contribution in [2.45, 2.75) is 18.7 Å². The number of hydrogen-bond donors (Lipinski definition) is 0. The number of anilines is 1. The molecule has 2 heterocycles. The summed E-state index contributed by atoms with van der Waals surface area (Å²) in [5.74, 6) is 0.263. The molecule has 1 aliphatic rings. The van der Waals surface area contributed by atoms with Crippen LogP contribution in [0.3, 0.4) is 0 Å². The van der Waals surface area contributed by atoms with Crippen LogP contribution < -0.4 is 4.90 Å². The van der Waals surface area contributed by atoms with E-state index in [1.54, 1.807) is 6.07 Å². The molecule has 1 atom stereocenters. The van der Waals surface area contributed by atoms with E-state index in [0.717, 1.165) is 7.11 Å². The standard InChI is InChI=1S/C11H16ClN3O4S/c1-8-6-19-4-3-15(8)10-5-9(13-11(12)14-10)7-20(16,17)18-2/h5,8H,3-4,6-7H2,1-2H3/t8-/m0/s1. The minimum atomic E-state index is -3.64. The first-order valence-electron chi connectivity index (χ1n) is 6.07. The van der Waals surface area contributed by atoms with E-state index in [2.05, 4.69) is 14.2 Å². The van der Waals surface area contributed by atoms with E-state index in [9.17, 15) is 8.42 Å². The van der Waals surface area contributed by atoms with Gasteiger partial charge in [-0.1, -0.05) is 0 Å². The highest BCUT2D eigenvalue weighted by Gasteiger charge is 2.22. The largest absolute Gasteiger partial charge is 0.377 e. The number of nitrogens with zero attached hydrogens (tertiary/aromatic N) is 3. The molecule has 0 spiro atoms. The molecule has 9 heteroatoms. The molecule has 20 heavy (non-hydrogen) atoms. The average Bonchev–Trinajstić information content (AvgIpc) is 2.38.